The summed E-state index contributed by atoms with van der Waals surface area (Å²) in [6, 6.07) is 9.12. The maximum Gasteiger partial charge on any atom is 0.0456 e. The first kappa shape index (κ1) is 12.2. The average molecular weight is 230 g/mol. The van der Waals surface area contributed by atoms with Crippen LogP contribution in [0.5, 0.6) is 0 Å². The molecule has 2 N–H and O–H groups in total. The van der Waals surface area contributed by atoms with Crippen LogP contribution in [0.3, 0.4) is 0 Å². The Labute approximate surface area is 103 Å². The molecule has 2 aromatic rings. The van der Waals surface area contributed by atoms with Gasteiger partial charge in [-0.3, -0.25) is 0 Å². The second kappa shape index (κ2) is 5.87. The molecule has 0 bridgehead atoms. The fourth-order valence-electron chi connectivity index (χ4n) is 2.20. The van der Waals surface area contributed by atoms with E-state index in [1.54, 1.807) is 0 Å². The third-order valence-corrected chi connectivity index (χ3v) is 3.26. The summed E-state index contributed by atoms with van der Waals surface area (Å²) >= 11 is 0. The molecule has 0 aliphatic heterocycles. The molecule has 1 aromatic heterocycles. The smallest absolute Gasteiger partial charge is 0.0456 e. The zero-order valence-electron chi connectivity index (χ0n) is 10.8. The number of aromatic amines is 1. The summed E-state index contributed by atoms with van der Waals surface area (Å²) in [6.07, 6.45) is 5.69. The molecule has 0 saturated carbocycles. The number of rotatable bonds is 6. The van der Waals surface area contributed by atoms with Gasteiger partial charge in [0.2, 0.25) is 0 Å². The molecule has 92 valence electrons. The van der Waals surface area contributed by atoms with Crippen molar-refractivity contribution in [3.8, 4) is 0 Å². The molecule has 1 unspecified atom stereocenters. The van der Waals surface area contributed by atoms with Crippen molar-refractivity contribution in [1.82, 2.24) is 10.3 Å². The van der Waals surface area contributed by atoms with E-state index < -0.39 is 0 Å². The first-order valence-electron chi connectivity index (χ1n) is 6.59. The standard InChI is InChI=1S/C15H22N2/c1-3-10-16-12(2)8-9-13-11-17-15-7-5-4-6-14(13)15/h4-7,11-12,16-17H,3,8-10H2,1-2H3. The van der Waals surface area contributed by atoms with Crippen LogP contribution in [-0.2, 0) is 6.42 Å². The molecule has 2 nitrogen and oxygen atoms in total. The lowest BCUT2D eigenvalue weighted by Crippen LogP contribution is -2.27. The SMILES string of the molecule is CCCNC(C)CCc1c[nH]c2ccccc12. The minimum Gasteiger partial charge on any atom is -0.361 e. The Hall–Kier alpha value is -1.28. The lowest BCUT2D eigenvalue weighted by Gasteiger charge is -2.12. The van der Waals surface area contributed by atoms with E-state index >= 15 is 0 Å². The Morgan fingerprint density at radius 2 is 2.12 bits per heavy atom. The lowest BCUT2D eigenvalue weighted by molar-refractivity contribution is 0.514. The number of hydrogen-bond donors (Lipinski definition) is 2. The molecule has 0 aliphatic carbocycles. The molecule has 1 aromatic carbocycles. The monoisotopic (exact) mass is 230 g/mol. The van der Waals surface area contributed by atoms with Gasteiger partial charge in [-0.05, 0) is 44.4 Å². The molecule has 17 heavy (non-hydrogen) atoms. The van der Waals surface area contributed by atoms with E-state index in [1.165, 1.54) is 29.3 Å². The van der Waals surface area contributed by atoms with Crippen LogP contribution < -0.4 is 5.32 Å². The molecule has 0 radical (unpaired) electrons. The number of fused-ring (bicyclic) bond motifs is 1. The molecule has 2 heteroatoms. The van der Waals surface area contributed by atoms with Crippen molar-refractivity contribution in [2.75, 3.05) is 6.54 Å². The summed E-state index contributed by atoms with van der Waals surface area (Å²) in [5, 5.41) is 4.90. The fourth-order valence-corrected chi connectivity index (χ4v) is 2.20. The van der Waals surface area contributed by atoms with Crippen LogP contribution in [0.15, 0.2) is 30.5 Å². The highest BCUT2D eigenvalue weighted by atomic mass is 14.9. The van der Waals surface area contributed by atoms with Crippen molar-refractivity contribution < 1.29 is 0 Å². The van der Waals surface area contributed by atoms with Crippen LogP contribution in [0, 0.1) is 0 Å². The minimum atomic E-state index is 0.601. The maximum absolute atomic E-state index is 3.53. The van der Waals surface area contributed by atoms with E-state index in [0.29, 0.717) is 6.04 Å². The van der Waals surface area contributed by atoms with Gasteiger partial charge in [-0.1, -0.05) is 25.1 Å². The Bertz CT molecular complexity index is 459. The molecule has 0 fully saturated rings. The summed E-state index contributed by atoms with van der Waals surface area (Å²) in [7, 11) is 0. The van der Waals surface area contributed by atoms with E-state index in [1.807, 2.05) is 0 Å². The molecule has 0 spiro atoms. The van der Waals surface area contributed by atoms with Gasteiger partial charge in [-0.15, -0.1) is 0 Å². The summed E-state index contributed by atoms with van der Waals surface area (Å²) < 4.78 is 0. The van der Waals surface area contributed by atoms with Gasteiger partial charge in [-0.25, -0.2) is 0 Å². The van der Waals surface area contributed by atoms with Crippen LogP contribution in [0.1, 0.15) is 32.3 Å². The van der Waals surface area contributed by atoms with E-state index in [0.717, 1.165) is 13.0 Å². The topological polar surface area (TPSA) is 27.8 Å². The highest BCUT2D eigenvalue weighted by molar-refractivity contribution is 5.82. The number of aryl methyl sites for hydroxylation is 1. The van der Waals surface area contributed by atoms with Crippen molar-refractivity contribution in [3.05, 3.63) is 36.0 Å². The van der Waals surface area contributed by atoms with Gasteiger partial charge >= 0.3 is 0 Å². The molecule has 2 rings (SSSR count). The quantitative estimate of drug-likeness (QED) is 0.781. The fraction of sp³-hybridized carbons (Fsp3) is 0.467. The summed E-state index contributed by atoms with van der Waals surface area (Å²) in [5.74, 6) is 0. The second-order valence-electron chi connectivity index (χ2n) is 4.75. The van der Waals surface area contributed by atoms with Crippen molar-refractivity contribution in [3.63, 3.8) is 0 Å². The molecular formula is C15H22N2. The predicted molar refractivity (Wildman–Crippen MR) is 74.4 cm³/mol. The largest absolute Gasteiger partial charge is 0.361 e. The molecule has 1 heterocycles. The first-order valence-corrected chi connectivity index (χ1v) is 6.59. The van der Waals surface area contributed by atoms with Crippen LogP contribution in [0.25, 0.3) is 10.9 Å². The average Bonchev–Trinajstić information content (AvgIpc) is 2.77. The van der Waals surface area contributed by atoms with Gasteiger partial charge in [-0.2, -0.15) is 0 Å². The van der Waals surface area contributed by atoms with Gasteiger partial charge in [0.1, 0.15) is 0 Å². The van der Waals surface area contributed by atoms with Crippen molar-refractivity contribution in [2.24, 2.45) is 0 Å². The zero-order valence-corrected chi connectivity index (χ0v) is 10.8. The van der Waals surface area contributed by atoms with Gasteiger partial charge < -0.3 is 10.3 Å². The van der Waals surface area contributed by atoms with E-state index in [4.69, 9.17) is 0 Å². The lowest BCUT2D eigenvalue weighted by atomic mass is 10.1. The number of H-pyrrole nitrogens is 1. The van der Waals surface area contributed by atoms with E-state index in [2.05, 4.69) is 54.6 Å². The number of nitrogens with one attached hydrogen (secondary N) is 2. The summed E-state index contributed by atoms with van der Waals surface area (Å²) in [4.78, 5) is 3.33. The molecule has 0 amide bonds. The molecule has 0 aliphatic rings. The third-order valence-electron chi connectivity index (χ3n) is 3.26. The van der Waals surface area contributed by atoms with Crippen molar-refractivity contribution in [1.29, 1.82) is 0 Å². The summed E-state index contributed by atoms with van der Waals surface area (Å²) in [6.45, 7) is 5.60. The zero-order chi connectivity index (χ0) is 12.1. The second-order valence-corrected chi connectivity index (χ2v) is 4.75. The van der Waals surface area contributed by atoms with Crippen molar-refractivity contribution >= 4 is 10.9 Å². The van der Waals surface area contributed by atoms with Crippen molar-refractivity contribution in [2.45, 2.75) is 39.2 Å². The molecule has 0 saturated heterocycles. The van der Waals surface area contributed by atoms with Crippen LogP contribution in [-0.4, -0.2) is 17.6 Å². The van der Waals surface area contributed by atoms with E-state index in [-0.39, 0.29) is 0 Å². The predicted octanol–water partition coefficient (Wildman–Crippen LogP) is 3.49. The van der Waals surface area contributed by atoms with Gasteiger partial charge in [0.15, 0.2) is 0 Å². The van der Waals surface area contributed by atoms with Crippen LogP contribution in [0.2, 0.25) is 0 Å². The normalized spacial score (nSPS) is 13.1. The van der Waals surface area contributed by atoms with Crippen LogP contribution in [0.4, 0.5) is 0 Å². The van der Waals surface area contributed by atoms with E-state index in [9.17, 15) is 0 Å². The van der Waals surface area contributed by atoms with Gasteiger partial charge in [0.05, 0.1) is 0 Å². The molecular weight excluding hydrogens is 208 g/mol. The number of benzene rings is 1. The Morgan fingerprint density at radius 1 is 1.29 bits per heavy atom. The number of aromatic nitrogens is 1. The van der Waals surface area contributed by atoms with Crippen LogP contribution >= 0.6 is 0 Å². The Morgan fingerprint density at radius 3 is 2.94 bits per heavy atom. The minimum absolute atomic E-state index is 0.601. The van der Waals surface area contributed by atoms with Gasteiger partial charge in [0, 0.05) is 23.1 Å². The summed E-state index contributed by atoms with van der Waals surface area (Å²) in [5.41, 5.74) is 2.68. The maximum atomic E-state index is 3.53. The Kier molecular flexibility index (Phi) is 4.21. The first-order chi connectivity index (χ1) is 8.31. The third kappa shape index (κ3) is 3.10. The van der Waals surface area contributed by atoms with Gasteiger partial charge in [0.25, 0.3) is 0 Å². The molecule has 1 atom stereocenters. The Balaban J connectivity index is 1.95. The number of para-hydroxylation sites is 1. The highest BCUT2D eigenvalue weighted by Gasteiger charge is 2.05. The highest BCUT2D eigenvalue weighted by Crippen LogP contribution is 2.19. The number of hydrogen-bond acceptors (Lipinski definition) is 1.